The van der Waals surface area contributed by atoms with Gasteiger partial charge in [-0.15, -0.1) is 0 Å². The number of amides is 3. The first-order valence-corrected chi connectivity index (χ1v) is 18.5. The second-order valence-electron chi connectivity index (χ2n) is 14.2. The number of nitrogens with one attached hydrogen (secondary N) is 3. The van der Waals surface area contributed by atoms with Crippen molar-refractivity contribution >= 4 is 23.9 Å². The lowest BCUT2D eigenvalue weighted by Crippen LogP contribution is -2.51. The minimum Gasteiger partial charge on any atom is -0.454 e. The van der Waals surface area contributed by atoms with Gasteiger partial charge in [-0.05, 0) is 59.9 Å². The zero-order valence-corrected chi connectivity index (χ0v) is 30.1. The molecule has 53 heavy (non-hydrogen) atoms. The van der Waals surface area contributed by atoms with Crippen LogP contribution < -0.4 is 16.0 Å². The topological polar surface area (TPSA) is 152 Å². The second-order valence-corrected chi connectivity index (χ2v) is 14.2. The van der Waals surface area contributed by atoms with Crippen molar-refractivity contribution < 1.29 is 38.5 Å². The molecule has 1 saturated carbocycles. The summed E-state index contributed by atoms with van der Waals surface area (Å²) in [5, 5.41) is 18.8. The summed E-state index contributed by atoms with van der Waals surface area (Å²) in [6.07, 6.45) is 5.94. The van der Waals surface area contributed by atoms with Crippen LogP contribution in [-0.4, -0.2) is 73.5 Å². The third-order valence-corrected chi connectivity index (χ3v) is 10.6. The van der Waals surface area contributed by atoms with Gasteiger partial charge < -0.3 is 35.3 Å². The number of fused-ring (bicyclic) bond motifs is 3. The molecule has 0 bridgehead atoms. The number of carbonyl (C=O) groups excluding carboxylic acids is 4. The van der Waals surface area contributed by atoms with Crippen LogP contribution in [0.2, 0.25) is 0 Å². The Morgan fingerprint density at radius 3 is 2.23 bits per heavy atom. The number of rotatable bonds is 10. The Hall–Kier alpha value is -5.00. The van der Waals surface area contributed by atoms with E-state index in [0.29, 0.717) is 24.8 Å². The molecular formula is C42H49N3O8. The molecule has 6 rings (SSSR count). The van der Waals surface area contributed by atoms with E-state index >= 15 is 0 Å². The monoisotopic (exact) mass is 723 g/mol. The van der Waals surface area contributed by atoms with Crippen molar-refractivity contribution in [2.45, 2.75) is 81.0 Å². The van der Waals surface area contributed by atoms with Gasteiger partial charge >= 0.3 is 12.1 Å². The number of allylic oxidation sites excluding steroid dienone is 2. The Morgan fingerprint density at radius 2 is 1.57 bits per heavy atom. The van der Waals surface area contributed by atoms with Crippen LogP contribution in [0.4, 0.5) is 4.79 Å². The number of esters is 1. The first kappa shape index (κ1) is 37.7. The van der Waals surface area contributed by atoms with Crippen LogP contribution in [0.3, 0.4) is 0 Å². The molecule has 2 aliphatic carbocycles. The summed E-state index contributed by atoms with van der Waals surface area (Å²) in [6.45, 7) is -0.0588. The molecule has 1 aliphatic heterocycles. The lowest BCUT2D eigenvalue weighted by molar-refractivity contribution is -0.155. The third kappa shape index (κ3) is 9.15. The van der Waals surface area contributed by atoms with Crippen molar-refractivity contribution in [2.75, 3.05) is 26.9 Å². The van der Waals surface area contributed by atoms with Gasteiger partial charge in [0.25, 0.3) is 0 Å². The number of aliphatic hydroxyl groups excluding tert-OH is 1. The van der Waals surface area contributed by atoms with Gasteiger partial charge in [0.15, 0.2) is 0 Å². The molecule has 280 valence electrons. The van der Waals surface area contributed by atoms with E-state index in [0.717, 1.165) is 35.1 Å². The van der Waals surface area contributed by atoms with Crippen LogP contribution in [0, 0.1) is 5.92 Å². The summed E-state index contributed by atoms with van der Waals surface area (Å²) in [6, 6.07) is 23.3. The molecule has 11 nitrogen and oxygen atoms in total. The van der Waals surface area contributed by atoms with E-state index in [2.05, 4.69) is 28.1 Å². The van der Waals surface area contributed by atoms with Gasteiger partial charge in [-0.2, -0.15) is 0 Å². The van der Waals surface area contributed by atoms with E-state index in [4.69, 9.17) is 14.2 Å². The van der Waals surface area contributed by atoms with Crippen molar-refractivity contribution in [2.24, 2.45) is 5.92 Å². The summed E-state index contributed by atoms with van der Waals surface area (Å²) in [7, 11) is 1.49. The summed E-state index contributed by atoms with van der Waals surface area (Å²) in [5.74, 6) is -2.25. The molecule has 0 saturated heterocycles. The summed E-state index contributed by atoms with van der Waals surface area (Å²) >= 11 is 0. The zero-order valence-electron chi connectivity index (χ0n) is 30.1. The number of carbonyl (C=O) groups is 4. The first-order valence-electron chi connectivity index (χ1n) is 18.5. The molecule has 4 unspecified atom stereocenters. The van der Waals surface area contributed by atoms with E-state index in [1.54, 1.807) is 24.3 Å². The van der Waals surface area contributed by atoms with Crippen molar-refractivity contribution in [1.29, 1.82) is 0 Å². The second kappa shape index (κ2) is 17.7. The number of methoxy groups -OCH3 is 1. The largest absolute Gasteiger partial charge is 0.454 e. The number of alkyl carbamates (subject to hydrolysis) is 1. The van der Waals surface area contributed by atoms with Crippen molar-refractivity contribution in [3.63, 3.8) is 0 Å². The Balaban J connectivity index is 1.19. The highest BCUT2D eigenvalue weighted by Gasteiger charge is 2.37. The molecule has 3 aromatic carbocycles. The van der Waals surface area contributed by atoms with Gasteiger partial charge in [0.05, 0.1) is 30.7 Å². The third-order valence-electron chi connectivity index (χ3n) is 10.6. The van der Waals surface area contributed by atoms with Crippen LogP contribution in [0.1, 0.15) is 80.1 Å². The Kier molecular flexibility index (Phi) is 12.6. The highest BCUT2D eigenvalue weighted by Crippen LogP contribution is 2.44. The van der Waals surface area contributed by atoms with Crippen molar-refractivity contribution in [1.82, 2.24) is 16.0 Å². The molecule has 0 radical (unpaired) electrons. The van der Waals surface area contributed by atoms with Crippen LogP contribution in [0.25, 0.3) is 11.1 Å². The maximum atomic E-state index is 13.9. The predicted octanol–water partition coefficient (Wildman–Crippen LogP) is 5.48. The number of ether oxygens (including phenoxy) is 3. The number of cyclic esters (lactones) is 1. The molecule has 4 N–H and O–H groups in total. The molecule has 0 spiro atoms. The standard InChI is InChI=1S/C42H49N3O8/c1-51-26-36-38(28-14-4-2-5-15-28)53-40(49)35(44-41(50)52-25-34-32-19-10-8-17-30(32)31-18-9-11-20-33(31)34)21-7-3-6-16-29(39(48)43-36)24-37(47)45-42(27-46)22-12-13-23-42/h2-6,8-11,14-15,17-20,29,34-36,38,46H,7,12-13,16,21-27H2,1H3,(H,43,48)(H,44,50)(H,45,47). The molecule has 11 heteroatoms. The van der Waals surface area contributed by atoms with Crippen LogP contribution in [0.15, 0.2) is 91.0 Å². The van der Waals surface area contributed by atoms with Crippen molar-refractivity contribution in [3.8, 4) is 11.1 Å². The average molecular weight is 724 g/mol. The first-order chi connectivity index (χ1) is 25.8. The van der Waals surface area contributed by atoms with Gasteiger partial charge in [-0.25, -0.2) is 9.59 Å². The maximum absolute atomic E-state index is 13.9. The molecule has 3 aliphatic rings. The minimum atomic E-state index is -1.05. The fourth-order valence-electron chi connectivity index (χ4n) is 7.82. The normalized spacial score (nSPS) is 22.9. The van der Waals surface area contributed by atoms with E-state index in [-0.39, 0.29) is 56.8 Å². The minimum absolute atomic E-state index is 0.00539. The summed E-state index contributed by atoms with van der Waals surface area (Å²) < 4.78 is 17.4. The molecule has 0 aromatic heterocycles. The maximum Gasteiger partial charge on any atom is 0.407 e. The average Bonchev–Trinajstić information content (AvgIpc) is 3.77. The quantitative estimate of drug-likeness (QED) is 0.159. The number of benzene rings is 3. The molecule has 1 fully saturated rings. The van der Waals surface area contributed by atoms with Gasteiger partial charge in [0.2, 0.25) is 11.8 Å². The molecule has 3 amide bonds. The van der Waals surface area contributed by atoms with E-state index in [9.17, 15) is 24.3 Å². The number of hydrogen-bond acceptors (Lipinski definition) is 8. The molecular weight excluding hydrogens is 674 g/mol. The van der Waals surface area contributed by atoms with Gasteiger partial charge in [-0.3, -0.25) is 9.59 Å². The Bertz CT molecular complexity index is 1730. The highest BCUT2D eigenvalue weighted by atomic mass is 16.6. The smallest absolute Gasteiger partial charge is 0.407 e. The molecule has 1 heterocycles. The number of aliphatic hydroxyl groups is 1. The van der Waals surface area contributed by atoms with Crippen molar-refractivity contribution in [3.05, 3.63) is 108 Å². The van der Waals surface area contributed by atoms with Gasteiger partial charge in [0.1, 0.15) is 18.8 Å². The lowest BCUT2D eigenvalue weighted by atomic mass is 9.94. The Morgan fingerprint density at radius 1 is 0.906 bits per heavy atom. The van der Waals surface area contributed by atoms with Crippen LogP contribution in [-0.2, 0) is 28.6 Å². The fourth-order valence-corrected chi connectivity index (χ4v) is 7.82. The van der Waals surface area contributed by atoms with Gasteiger partial charge in [0, 0.05) is 19.4 Å². The fraction of sp³-hybridized carbons (Fsp3) is 0.429. The van der Waals surface area contributed by atoms with Crippen LogP contribution >= 0.6 is 0 Å². The summed E-state index contributed by atoms with van der Waals surface area (Å²) in [5.41, 5.74) is 4.33. The summed E-state index contributed by atoms with van der Waals surface area (Å²) in [4.78, 5) is 54.5. The Labute approximate surface area is 310 Å². The number of hydrogen-bond donors (Lipinski definition) is 4. The molecule has 4 atom stereocenters. The predicted molar refractivity (Wildman–Crippen MR) is 199 cm³/mol. The van der Waals surface area contributed by atoms with Crippen LogP contribution in [0.5, 0.6) is 0 Å². The molecule has 3 aromatic rings. The highest BCUT2D eigenvalue weighted by molar-refractivity contribution is 5.87. The van der Waals surface area contributed by atoms with E-state index < -0.39 is 41.7 Å². The van der Waals surface area contributed by atoms with E-state index in [1.807, 2.05) is 54.6 Å². The zero-order chi connectivity index (χ0) is 37.2. The van der Waals surface area contributed by atoms with E-state index in [1.165, 1.54) is 7.11 Å². The SMILES string of the molecule is COCC1NC(=O)C(CC(=O)NC2(CO)CCCC2)CC=CCCC(NC(=O)OCC2c3ccccc3-c3ccccc32)C(=O)OC1c1ccccc1. The van der Waals surface area contributed by atoms with Gasteiger partial charge in [-0.1, -0.05) is 104 Å². The lowest BCUT2D eigenvalue weighted by Gasteiger charge is -2.31.